The molecule has 0 heterocycles. The zero-order valence-electron chi connectivity index (χ0n) is 32.8. The number of nitrogens with two attached hydrogens (primary N) is 1. The van der Waals surface area contributed by atoms with Crippen molar-refractivity contribution in [2.24, 2.45) is 5.73 Å². The molecule has 0 aromatic heterocycles. The Balaban J connectivity index is 4.37. The summed E-state index contributed by atoms with van der Waals surface area (Å²) >= 11 is 0. The summed E-state index contributed by atoms with van der Waals surface area (Å²) in [7, 11) is -4.35. The van der Waals surface area contributed by atoms with Gasteiger partial charge in [-0.1, -0.05) is 157 Å². The molecule has 0 radical (unpaired) electrons. The molecule has 0 aliphatic heterocycles. The van der Waals surface area contributed by atoms with Gasteiger partial charge in [-0.3, -0.25) is 13.8 Å². The van der Waals surface area contributed by atoms with Crippen molar-refractivity contribution >= 4 is 13.7 Å². The van der Waals surface area contributed by atoms with Crippen LogP contribution in [0.25, 0.3) is 0 Å². The van der Waals surface area contributed by atoms with Gasteiger partial charge in [-0.15, -0.1) is 0 Å². The molecule has 0 bridgehead atoms. The van der Waals surface area contributed by atoms with Crippen molar-refractivity contribution in [2.45, 2.75) is 161 Å². The van der Waals surface area contributed by atoms with Crippen LogP contribution in [0.1, 0.15) is 149 Å². The van der Waals surface area contributed by atoms with Crippen molar-refractivity contribution in [1.82, 2.24) is 5.32 Å². The van der Waals surface area contributed by atoms with Crippen LogP contribution in [0.15, 0.2) is 85.1 Å². The number of nitrogens with one attached hydrogen (secondary N) is 1. The fourth-order valence-corrected chi connectivity index (χ4v) is 5.95. The van der Waals surface area contributed by atoms with Crippen molar-refractivity contribution in [1.29, 1.82) is 0 Å². The van der Waals surface area contributed by atoms with Crippen molar-refractivity contribution in [3.05, 3.63) is 85.1 Å². The van der Waals surface area contributed by atoms with Crippen LogP contribution in [0.2, 0.25) is 0 Å². The van der Waals surface area contributed by atoms with E-state index in [0.29, 0.717) is 6.42 Å². The highest BCUT2D eigenvalue weighted by Crippen LogP contribution is 2.43. The van der Waals surface area contributed by atoms with Crippen LogP contribution in [-0.2, 0) is 18.4 Å². The number of carbonyl (C=O) groups is 1. The van der Waals surface area contributed by atoms with Gasteiger partial charge in [0.25, 0.3) is 0 Å². The van der Waals surface area contributed by atoms with E-state index in [1.54, 1.807) is 6.08 Å². The number of amides is 1. The third-order valence-corrected chi connectivity index (χ3v) is 9.21. The third kappa shape index (κ3) is 36.1. The second-order valence-corrected chi connectivity index (χ2v) is 14.6. The zero-order chi connectivity index (χ0) is 38.2. The van der Waals surface area contributed by atoms with Crippen LogP contribution in [0, 0.1) is 0 Å². The average molecular weight is 747 g/mol. The highest BCUT2D eigenvalue weighted by atomic mass is 31.2. The van der Waals surface area contributed by atoms with Gasteiger partial charge >= 0.3 is 7.82 Å². The summed E-state index contributed by atoms with van der Waals surface area (Å²) < 4.78 is 22.0. The van der Waals surface area contributed by atoms with Crippen molar-refractivity contribution in [3.8, 4) is 0 Å². The Hall–Kier alpha value is -2.32. The van der Waals surface area contributed by atoms with Gasteiger partial charge in [-0.25, -0.2) is 4.57 Å². The number of allylic oxidation sites excluding steroid dienone is 13. The minimum absolute atomic E-state index is 0.0664. The van der Waals surface area contributed by atoms with E-state index in [4.69, 9.17) is 14.8 Å². The molecule has 0 aliphatic carbocycles. The summed E-state index contributed by atoms with van der Waals surface area (Å²) in [6.45, 7) is 3.95. The predicted octanol–water partition coefficient (Wildman–Crippen LogP) is 11.0. The summed E-state index contributed by atoms with van der Waals surface area (Å²) in [6.07, 6.45) is 50.6. The Morgan fingerprint density at radius 3 is 1.63 bits per heavy atom. The minimum atomic E-state index is -4.35. The molecule has 0 aromatic carbocycles. The second-order valence-electron chi connectivity index (χ2n) is 13.1. The van der Waals surface area contributed by atoms with Crippen LogP contribution in [-0.4, -0.2) is 47.8 Å². The molecular formula is C43H75N2O6P. The molecule has 3 unspecified atom stereocenters. The molecule has 0 saturated carbocycles. The molecule has 1 amide bonds. The molecule has 3 atom stereocenters. The molecule has 0 aliphatic rings. The molecule has 9 heteroatoms. The van der Waals surface area contributed by atoms with E-state index in [-0.39, 0.29) is 32.1 Å². The smallest absolute Gasteiger partial charge is 0.387 e. The first-order valence-corrected chi connectivity index (χ1v) is 21.7. The lowest BCUT2D eigenvalue weighted by Crippen LogP contribution is -2.45. The second kappa shape index (κ2) is 38.4. The first-order chi connectivity index (χ1) is 25.4. The predicted molar refractivity (Wildman–Crippen MR) is 221 cm³/mol. The topological polar surface area (TPSA) is 131 Å². The van der Waals surface area contributed by atoms with E-state index in [1.807, 2.05) is 6.08 Å². The van der Waals surface area contributed by atoms with E-state index >= 15 is 0 Å². The minimum Gasteiger partial charge on any atom is -0.387 e. The normalized spacial score (nSPS) is 15.1. The Bertz CT molecular complexity index is 1080. The van der Waals surface area contributed by atoms with E-state index in [1.165, 1.54) is 51.4 Å². The fraction of sp³-hybridized carbons (Fsp3) is 0.651. The first-order valence-electron chi connectivity index (χ1n) is 20.2. The van der Waals surface area contributed by atoms with Crippen LogP contribution in [0.3, 0.4) is 0 Å². The summed E-state index contributed by atoms with van der Waals surface area (Å²) in [6, 6.07) is -0.887. The highest BCUT2D eigenvalue weighted by Gasteiger charge is 2.26. The van der Waals surface area contributed by atoms with E-state index in [9.17, 15) is 19.4 Å². The molecule has 5 N–H and O–H groups in total. The van der Waals surface area contributed by atoms with Crippen molar-refractivity contribution in [3.63, 3.8) is 0 Å². The van der Waals surface area contributed by atoms with Crippen LogP contribution < -0.4 is 11.1 Å². The number of aliphatic hydroxyl groups is 1. The number of phosphoric ester groups is 1. The quantitative estimate of drug-likeness (QED) is 0.0285. The van der Waals surface area contributed by atoms with Gasteiger partial charge in [0.2, 0.25) is 5.91 Å². The standard InChI is InChI=1S/C43H75N2O6P/c1-3-5-7-9-11-13-15-17-18-19-20-21-22-23-24-25-27-29-31-33-35-37-43(47)45-41(40-51-52(48,49)50-39-38-44)42(46)36-34-32-30-28-26-16-14-12-10-8-6-4-2/h5,7,11,13,17-18,20-21,23-24,27,29,34,36,41-42,46H,3-4,6,8-10,12,14-16,19,22,25-26,28,30-33,35,37-40,44H2,1-2H3,(H,45,47)(H,48,49)/b7-5-,13-11-,18-17-,21-20-,24-23-,29-27-,36-34+. The van der Waals surface area contributed by atoms with E-state index in [2.05, 4.69) is 92.1 Å². The Morgan fingerprint density at radius 1 is 0.654 bits per heavy atom. The summed E-state index contributed by atoms with van der Waals surface area (Å²) in [5.41, 5.74) is 5.36. The maximum atomic E-state index is 12.7. The van der Waals surface area contributed by atoms with Crippen LogP contribution >= 0.6 is 7.82 Å². The largest absolute Gasteiger partial charge is 0.472 e. The molecule has 0 rings (SSSR count). The number of unbranched alkanes of at least 4 members (excludes halogenated alkanes) is 12. The number of rotatable bonds is 36. The fourth-order valence-electron chi connectivity index (χ4n) is 5.19. The third-order valence-electron chi connectivity index (χ3n) is 8.23. The zero-order valence-corrected chi connectivity index (χ0v) is 33.7. The number of hydrogen-bond acceptors (Lipinski definition) is 6. The Kier molecular flexibility index (Phi) is 36.7. The maximum absolute atomic E-state index is 12.7. The number of hydrogen-bond donors (Lipinski definition) is 4. The molecular weight excluding hydrogens is 671 g/mol. The van der Waals surface area contributed by atoms with Crippen LogP contribution in [0.4, 0.5) is 0 Å². The maximum Gasteiger partial charge on any atom is 0.472 e. The molecule has 0 saturated heterocycles. The summed E-state index contributed by atoms with van der Waals surface area (Å²) in [5, 5.41) is 13.6. The Labute approximate surface area is 318 Å². The van der Waals surface area contributed by atoms with Crippen molar-refractivity contribution in [2.75, 3.05) is 19.8 Å². The molecule has 298 valence electrons. The molecule has 0 aromatic rings. The van der Waals surface area contributed by atoms with Gasteiger partial charge in [0.1, 0.15) is 0 Å². The Morgan fingerprint density at radius 2 is 1.12 bits per heavy atom. The van der Waals surface area contributed by atoms with Gasteiger partial charge in [0.15, 0.2) is 0 Å². The molecule has 52 heavy (non-hydrogen) atoms. The summed E-state index contributed by atoms with van der Waals surface area (Å²) in [5.74, 6) is -0.242. The van der Waals surface area contributed by atoms with Crippen molar-refractivity contribution < 1.29 is 28.4 Å². The van der Waals surface area contributed by atoms with Gasteiger partial charge in [-0.05, 0) is 70.6 Å². The lowest BCUT2D eigenvalue weighted by Gasteiger charge is -2.23. The first kappa shape index (κ1) is 49.7. The SMILES string of the molecule is CC/C=C\C/C=C\C/C=C\C/C=C\C/C=C\C/C=C\CCCCC(=O)NC(COP(=O)(O)OCCN)C(O)/C=C/CCCCCCCCCCCC. The van der Waals surface area contributed by atoms with Gasteiger partial charge in [0.05, 0.1) is 25.4 Å². The van der Waals surface area contributed by atoms with Crippen LogP contribution in [0.5, 0.6) is 0 Å². The summed E-state index contributed by atoms with van der Waals surface area (Å²) in [4.78, 5) is 22.6. The number of aliphatic hydroxyl groups excluding tert-OH is 1. The number of phosphoric acid groups is 1. The highest BCUT2D eigenvalue weighted by molar-refractivity contribution is 7.47. The average Bonchev–Trinajstić information content (AvgIpc) is 3.13. The monoisotopic (exact) mass is 747 g/mol. The van der Waals surface area contributed by atoms with Gasteiger partial charge in [-0.2, -0.15) is 0 Å². The molecule has 0 fully saturated rings. The lowest BCUT2D eigenvalue weighted by molar-refractivity contribution is -0.123. The lowest BCUT2D eigenvalue weighted by atomic mass is 10.1. The van der Waals surface area contributed by atoms with E-state index < -0.39 is 20.0 Å². The van der Waals surface area contributed by atoms with E-state index in [0.717, 1.165) is 70.6 Å². The molecule has 0 spiro atoms. The van der Waals surface area contributed by atoms with Gasteiger partial charge in [0, 0.05) is 13.0 Å². The number of carbonyl (C=O) groups excluding carboxylic acids is 1. The molecule has 8 nitrogen and oxygen atoms in total. The van der Waals surface area contributed by atoms with Gasteiger partial charge < -0.3 is 21.1 Å².